The molecule has 0 spiro atoms. The standard InChI is InChI=1S/C14H19NO/c1-11(2)14(16)15-10-9-12(3)13-7-5-4-6-8-13/h4-8,12H,1,9-10H2,2-3H3,(H,15,16). The number of benzene rings is 1. The van der Waals surface area contributed by atoms with Gasteiger partial charge >= 0.3 is 0 Å². The maximum atomic E-state index is 11.3. The normalized spacial score (nSPS) is 11.9. The van der Waals surface area contributed by atoms with E-state index >= 15 is 0 Å². The van der Waals surface area contributed by atoms with Gasteiger partial charge in [0.2, 0.25) is 5.91 Å². The highest BCUT2D eigenvalue weighted by Crippen LogP contribution is 2.17. The third kappa shape index (κ3) is 3.89. The number of carbonyl (C=O) groups excluding carboxylic acids is 1. The summed E-state index contributed by atoms with van der Waals surface area (Å²) in [6.45, 7) is 8.18. The van der Waals surface area contributed by atoms with Crippen molar-refractivity contribution in [2.45, 2.75) is 26.2 Å². The highest BCUT2D eigenvalue weighted by Gasteiger charge is 2.06. The van der Waals surface area contributed by atoms with E-state index in [-0.39, 0.29) is 5.91 Å². The lowest BCUT2D eigenvalue weighted by molar-refractivity contribution is -0.117. The van der Waals surface area contributed by atoms with Crippen LogP contribution in [0.1, 0.15) is 31.7 Å². The Morgan fingerprint density at radius 3 is 2.56 bits per heavy atom. The fourth-order valence-electron chi connectivity index (χ4n) is 1.50. The summed E-state index contributed by atoms with van der Waals surface area (Å²) in [5, 5.41) is 2.84. The molecule has 0 aliphatic carbocycles. The maximum Gasteiger partial charge on any atom is 0.246 e. The van der Waals surface area contributed by atoms with Gasteiger partial charge in [-0.25, -0.2) is 0 Å². The van der Waals surface area contributed by atoms with Gasteiger partial charge in [-0.3, -0.25) is 4.79 Å². The zero-order chi connectivity index (χ0) is 12.0. The van der Waals surface area contributed by atoms with Crippen molar-refractivity contribution in [3.8, 4) is 0 Å². The van der Waals surface area contributed by atoms with Crippen LogP contribution in [-0.2, 0) is 4.79 Å². The molecule has 0 bridgehead atoms. The van der Waals surface area contributed by atoms with Crippen molar-refractivity contribution in [3.05, 3.63) is 48.0 Å². The molecule has 0 aliphatic heterocycles. The third-order valence-electron chi connectivity index (χ3n) is 2.62. The molecule has 1 N–H and O–H groups in total. The molecule has 1 aromatic carbocycles. The summed E-state index contributed by atoms with van der Waals surface area (Å²) >= 11 is 0. The quantitative estimate of drug-likeness (QED) is 0.755. The monoisotopic (exact) mass is 217 g/mol. The Hall–Kier alpha value is -1.57. The predicted octanol–water partition coefficient (Wildman–Crippen LogP) is 2.87. The first-order valence-electron chi connectivity index (χ1n) is 5.60. The van der Waals surface area contributed by atoms with Crippen LogP contribution in [0.5, 0.6) is 0 Å². The van der Waals surface area contributed by atoms with Gasteiger partial charge in [-0.05, 0) is 24.8 Å². The molecule has 1 amide bonds. The topological polar surface area (TPSA) is 29.1 Å². The Balaban J connectivity index is 2.34. The number of rotatable bonds is 5. The van der Waals surface area contributed by atoms with E-state index in [1.807, 2.05) is 18.2 Å². The van der Waals surface area contributed by atoms with Crippen LogP contribution in [-0.4, -0.2) is 12.5 Å². The largest absolute Gasteiger partial charge is 0.352 e. The van der Waals surface area contributed by atoms with Crippen LogP contribution < -0.4 is 5.32 Å². The average Bonchev–Trinajstić information content (AvgIpc) is 2.29. The van der Waals surface area contributed by atoms with E-state index in [9.17, 15) is 4.79 Å². The van der Waals surface area contributed by atoms with Gasteiger partial charge in [-0.15, -0.1) is 0 Å². The zero-order valence-electron chi connectivity index (χ0n) is 9.99. The van der Waals surface area contributed by atoms with Gasteiger partial charge < -0.3 is 5.32 Å². The van der Waals surface area contributed by atoms with Gasteiger partial charge in [0.15, 0.2) is 0 Å². The first kappa shape index (κ1) is 12.5. The molecule has 2 heteroatoms. The van der Waals surface area contributed by atoms with Crippen LogP contribution in [0.4, 0.5) is 0 Å². The summed E-state index contributed by atoms with van der Waals surface area (Å²) in [6, 6.07) is 10.3. The zero-order valence-corrected chi connectivity index (χ0v) is 9.99. The Kier molecular flexibility index (Phi) is 4.77. The summed E-state index contributed by atoms with van der Waals surface area (Å²) in [5.41, 5.74) is 1.87. The summed E-state index contributed by atoms with van der Waals surface area (Å²) < 4.78 is 0. The summed E-state index contributed by atoms with van der Waals surface area (Å²) in [5.74, 6) is 0.409. The SMILES string of the molecule is C=C(C)C(=O)NCCC(C)c1ccccc1. The van der Waals surface area contributed by atoms with Crippen molar-refractivity contribution in [1.82, 2.24) is 5.32 Å². The molecule has 0 aromatic heterocycles. The van der Waals surface area contributed by atoms with Gasteiger partial charge in [0.1, 0.15) is 0 Å². The van der Waals surface area contributed by atoms with E-state index in [0.717, 1.165) is 6.42 Å². The van der Waals surface area contributed by atoms with Crippen molar-refractivity contribution < 1.29 is 4.79 Å². The first-order chi connectivity index (χ1) is 7.61. The maximum absolute atomic E-state index is 11.3. The molecule has 0 fully saturated rings. The van der Waals surface area contributed by atoms with Crippen LogP contribution in [0.2, 0.25) is 0 Å². The molecule has 86 valence electrons. The highest BCUT2D eigenvalue weighted by molar-refractivity contribution is 5.91. The van der Waals surface area contributed by atoms with Crippen LogP contribution in [0.3, 0.4) is 0 Å². The number of amides is 1. The van der Waals surface area contributed by atoms with Crippen molar-refractivity contribution in [3.63, 3.8) is 0 Å². The molecule has 1 atom stereocenters. The van der Waals surface area contributed by atoms with E-state index in [1.165, 1.54) is 5.56 Å². The number of hydrogen-bond donors (Lipinski definition) is 1. The minimum Gasteiger partial charge on any atom is -0.352 e. The molecule has 0 saturated heterocycles. The summed E-state index contributed by atoms with van der Waals surface area (Å²) in [7, 11) is 0. The molecular weight excluding hydrogens is 198 g/mol. The first-order valence-corrected chi connectivity index (χ1v) is 5.60. The highest BCUT2D eigenvalue weighted by atomic mass is 16.1. The summed E-state index contributed by atoms with van der Waals surface area (Å²) in [4.78, 5) is 11.3. The second-order valence-corrected chi connectivity index (χ2v) is 4.14. The van der Waals surface area contributed by atoms with Crippen LogP contribution >= 0.6 is 0 Å². The molecule has 16 heavy (non-hydrogen) atoms. The molecule has 1 unspecified atom stereocenters. The second kappa shape index (κ2) is 6.11. The van der Waals surface area contributed by atoms with E-state index in [4.69, 9.17) is 0 Å². The van der Waals surface area contributed by atoms with Crippen molar-refractivity contribution >= 4 is 5.91 Å². The lowest BCUT2D eigenvalue weighted by Crippen LogP contribution is -2.25. The minimum absolute atomic E-state index is 0.0553. The van der Waals surface area contributed by atoms with E-state index < -0.39 is 0 Å². The molecule has 1 aromatic rings. The van der Waals surface area contributed by atoms with E-state index in [0.29, 0.717) is 18.0 Å². The molecular formula is C14H19NO. The fraction of sp³-hybridized carbons (Fsp3) is 0.357. The lowest BCUT2D eigenvalue weighted by Gasteiger charge is -2.12. The van der Waals surface area contributed by atoms with Gasteiger partial charge in [0.25, 0.3) is 0 Å². The lowest BCUT2D eigenvalue weighted by atomic mass is 9.98. The summed E-state index contributed by atoms with van der Waals surface area (Å²) in [6.07, 6.45) is 0.947. The average molecular weight is 217 g/mol. The van der Waals surface area contributed by atoms with Crippen molar-refractivity contribution in [1.29, 1.82) is 0 Å². The number of hydrogen-bond acceptors (Lipinski definition) is 1. The molecule has 1 rings (SSSR count). The van der Waals surface area contributed by atoms with Crippen LogP contribution in [0.25, 0.3) is 0 Å². The molecule has 0 aliphatic rings. The number of carbonyl (C=O) groups is 1. The second-order valence-electron chi connectivity index (χ2n) is 4.14. The smallest absolute Gasteiger partial charge is 0.246 e. The fourth-order valence-corrected chi connectivity index (χ4v) is 1.50. The van der Waals surface area contributed by atoms with Crippen LogP contribution in [0.15, 0.2) is 42.5 Å². The van der Waals surface area contributed by atoms with Crippen molar-refractivity contribution in [2.75, 3.05) is 6.54 Å². The molecule has 2 nitrogen and oxygen atoms in total. The molecule has 0 saturated carbocycles. The minimum atomic E-state index is -0.0553. The van der Waals surface area contributed by atoms with Crippen LogP contribution in [0, 0.1) is 0 Å². The van der Waals surface area contributed by atoms with Gasteiger partial charge in [0, 0.05) is 12.1 Å². The number of nitrogens with one attached hydrogen (secondary N) is 1. The van der Waals surface area contributed by atoms with Gasteiger partial charge in [-0.2, -0.15) is 0 Å². The Labute approximate surface area is 97.4 Å². The van der Waals surface area contributed by atoms with Gasteiger partial charge in [-0.1, -0.05) is 43.8 Å². The Morgan fingerprint density at radius 2 is 2.00 bits per heavy atom. The van der Waals surface area contributed by atoms with E-state index in [2.05, 4.69) is 31.0 Å². The third-order valence-corrected chi connectivity index (χ3v) is 2.62. The molecule has 0 radical (unpaired) electrons. The predicted molar refractivity (Wildman–Crippen MR) is 67.3 cm³/mol. The molecule has 0 heterocycles. The Morgan fingerprint density at radius 1 is 1.38 bits per heavy atom. The Bertz CT molecular complexity index is 356. The van der Waals surface area contributed by atoms with Crippen molar-refractivity contribution in [2.24, 2.45) is 0 Å². The van der Waals surface area contributed by atoms with E-state index in [1.54, 1.807) is 6.92 Å². The van der Waals surface area contributed by atoms with Gasteiger partial charge in [0.05, 0.1) is 0 Å².